The maximum Gasteiger partial charge on any atom is 0.337 e. The van der Waals surface area contributed by atoms with Gasteiger partial charge in [0.25, 0.3) is 0 Å². The molecule has 0 heterocycles. The molecule has 0 bridgehead atoms. The molecule has 0 aromatic heterocycles. The van der Waals surface area contributed by atoms with E-state index in [9.17, 15) is 4.79 Å². The molecule has 0 fully saturated rings. The van der Waals surface area contributed by atoms with E-state index >= 15 is 0 Å². The fourth-order valence-electron chi connectivity index (χ4n) is 1.48. The van der Waals surface area contributed by atoms with Crippen molar-refractivity contribution in [1.29, 1.82) is 0 Å². The van der Waals surface area contributed by atoms with E-state index in [4.69, 9.17) is 6.57 Å². The van der Waals surface area contributed by atoms with Crippen LogP contribution in [-0.2, 0) is 11.3 Å². The quantitative estimate of drug-likeness (QED) is 0.574. The van der Waals surface area contributed by atoms with Crippen LogP contribution in [0.2, 0.25) is 0 Å². The number of ether oxygens (including phenoxy) is 1. The number of hydrogen-bond donors (Lipinski definition) is 0. The van der Waals surface area contributed by atoms with Gasteiger partial charge in [-0.1, -0.05) is 0 Å². The highest BCUT2D eigenvalue weighted by atomic mass is 16.5. The summed E-state index contributed by atoms with van der Waals surface area (Å²) in [5, 5.41) is 0. The molecule has 16 heavy (non-hydrogen) atoms. The average Bonchev–Trinajstić information content (AvgIpc) is 2.28. The first kappa shape index (κ1) is 12.1. The van der Waals surface area contributed by atoms with Gasteiger partial charge in [-0.15, -0.1) is 0 Å². The van der Waals surface area contributed by atoms with Crippen molar-refractivity contribution < 1.29 is 9.53 Å². The van der Waals surface area contributed by atoms with Gasteiger partial charge in [-0.25, -0.2) is 11.4 Å². The Morgan fingerprint density at radius 1 is 1.50 bits per heavy atom. The molecule has 0 saturated carbocycles. The number of anilines is 1. The van der Waals surface area contributed by atoms with Gasteiger partial charge >= 0.3 is 5.97 Å². The van der Waals surface area contributed by atoms with Crippen molar-refractivity contribution >= 4 is 11.7 Å². The Morgan fingerprint density at radius 2 is 2.19 bits per heavy atom. The lowest BCUT2D eigenvalue weighted by Crippen LogP contribution is -2.12. The van der Waals surface area contributed by atoms with Gasteiger partial charge in [0.1, 0.15) is 0 Å². The molecule has 4 nitrogen and oxygen atoms in total. The first-order valence-corrected chi connectivity index (χ1v) is 4.82. The number of rotatable bonds is 3. The molecule has 1 rings (SSSR count). The lowest BCUT2D eigenvalue weighted by molar-refractivity contribution is 0.0600. The van der Waals surface area contributed by atoms with Crippen LogP contribution in [0.1, 0.15) is 15.9 Å². The normalized spacial score (nSPS) is 9.38. The summed E-state index contributed by atoms with van der Waals surface area (Å²) in [6.45, 7) is 7.15. The van der Waals surface area contributed by atoms with Crippen molar-refractivity contribution in [3.05, 3.63) is 40.7 Å². The van der Waals surface area contributed by atoms with Crippen LogP contribution in [0, 0.1) is 6.57 Å². The average molecular weight is 218 g/mol. The molecule has 1 aromatic carbocycles. The monoisotopic (exact) mass is 218 g/mol. The molecule has 0 spiro atoms. The number of nitrogens with zero attached hydrogens (tertiary/aromatic N) is 2. The van der Waals surface area contributed by atoms with E-state index in [0.717, 1.165) is 11.3 Å². The number of esters is 1. The molecule has 0 amide bonds. The van der Waals surface area contributed by atoms with Crippen LogP contribution in [0.25, 0.3) is 4.85 Å². The summed E-state index contributed by atoms with van der Waals surface area (Å²) < 4.78 is 4.64. The zero-order valence-corrected chi connectivity index (χ0v) is 9.65. The fraction of sp³-hybridized carbons (Fsp3) is 0.333. The van der Waals surface area contributed by atoms with Crippen LogP contribution in [-0.4, -0.2) is 27.2 Å². The summed E-state index contributed by atoms with van der Waals surface area (Å²) in [4.78, 5) is 16.6. The summed E-state index contributed by atoms with van der Waals surface area (Å²) in [6.07, 6.45) is 0. The smallest absolute Gasteiger partial charge is 0.337 e. The van der Waals surface area contributed by atoms with E-state index < -0.39 is 0 Å². The lowest BCUT2D eigenvalue weighted by atomic mass is 10.1. The maximum atomic E-state index is 11.3. The van der Waals surface area contributed by atoms with Gasteiger partial charge in [-0.3, -0.25) is 0 Å². The third-order valence-corrected chi connectivity index (χ3v) is 2.23. The van der Waals surface area contributed by atoms with Crippen molar-refractivity contribution in [3.8, 4) is 0 Å². The molecule has 0 aliphatic heterocycles. The number of carbonyl (C=O) groups excluding carboxylic acids is 1. The third-order valence-electron chi connectivity index (χ3n) is 2.23. The summed E-state index contributed by atoms with van der Waals surface area (Å²) >= 11 is 0. The molecular formula is C12H14N2O2. The van der Waals surface area contributed by atoms with Gasteiger partial charge in [0.05, 0.1) is 18.2 Å². The van der Waals surface area contributed by atoms with E-state index in [-0.39, 0.29) is 12.5 Å². The van der Waals surface area contributed by atoms with Crippen LogP contribution >= 0.6 is 0 Å². The van der Waals surface area contributed by atoms with E-state index in [1.165, 1.54) is 7.11 Å². The predicted molar refractivity (Wildman–Crippen MR) is 62.4 cm³/mol. The zero-order chi connectivity index (χ0) is 12.1. The Morgan fingerprint density at radius 3 is 2.69 bits per heavy atom. The molecule has 0 aliphatic carbocycles. The lowest BCUT2D eigenvalue weighted by Gasteiger charge is -2.15. The van der Waals surface area contributed by atoms with Crippen molar-refractivity contribution in [2.45, 2.75) is 6.54 Å². The number of carbonyl (C=O) groups is 1. The number of benzene rings is 1. The maximum absolute atomic E-state index is 11.3. The van der Waals surface area contributed by atoms with Crippen molar-refractivity contribution in [2.75, 3.05) is 26.1 Å². The Kier molecular flexibility index (Phi) is 3.90. The summed E-state index contributed by atoms with van der Waals surface area (Å²) in [5.74, 6) is -0.378. The Labute approximate surface area is 95.3 Å². The van der Waals surface area contributed by atoms with Gasteiger partial charge in [0.2, 0.25) is 6.54 Å². The molecular weight excluding hydrogens is 204 g/mol. The minimum absolute atomic E-state index is 0.262. The molecule has 1 aromatic rings. The standard InChI is InChI=1S/C12H14N2O2/c1-13-8-10-7-9(12(15)16-4)5-6-11(10)14(2)3/h5-7H,8H2,2-4H3. The van der Waals surface area contributed by atoms with Gasteiger partial charge in [0.15, 0.2) is 0 Å². The number of hydrogen-bond acceptors (Lipinski definition) is 3. The highest BCUT2D eigenvalue weighted by Gasteiger charge is 2.12. The summed E-state index contributed by atoms with van der Waals surface area (Å²) in [6, 6.07) is 5.24. The zero-order valence-electron chi connectivity index (χ0n) is 9.65. The topological polar surface area (TPSA) is 33.9 Å². The Balaban J connectivity index is 3.18. The van der Waals surface area contributed by atoms with E-state index in [2.05, 4.69) is 9.58 Å². The van der Waals surface area contributed by atoms with Crippen LogP contribution in [0.15, 0.2) is 18.2 Å². The molecule has 0 unspecified atom stereocenters. The van der Waals surface area contributed by atoms with Crippen LogP contribution in [0.4, 0.5) is 5.69 Å². The van der Waals surface area contributed by atoms with E-state index in [0.29, 0.717) is 5.56 Å². The minimum Gasteiger partial charge on any atom is -0.465 e. The largest absolute Gasteiger partial charge is 0.465 e. The van der Waals surface area contributed by atoms with E-state index in [1.807, 2.05) is 25.1 Å². The first-order chi connectivity index (χ1) is 7.60. The van der Waals surface area contributed by atoms with Gasteiger partial charge < -0.3 is 14.5 Å². The van der Waals surface area contributed by atoms with Crippen LogP contribution in [0.3, 0.4) is 0 Å². The summed E-state index contributed by atoms with van der Waals surface area (Å²) in [7, 11) is 5.15. The number of methoxy groups -OCH3 is 1. The molecule has 84 valence electrons. The van der Waals surface area contributed by atoms with Crippen LogP contribution < -0.4 is 4.90 Å². The van der Waals surface area contributed by atoms with Crippen molar-refractivity contribution in [3.63, 3.8) is 0 Å². The van der Waals surface area contributed by atoms with E-state index in [1.54, 1.807) is 12.1 Å². The Bertz CT molecular complexity index is 433. The SMILES string of the molecule is [C-]#[N+]Cc1cc(C(=O)OC)ccc1N(C)C. The molecule has 0 aliphatic rings. The highest BCUT2D eigenvalue weighted by molar-refractivity contribution is 5.90. The molecule has 4 heteroatoms. The van der Waals surface area contributed by atoms with Gasteiger partial charge in [-0.05, 0) is 18.2 Å². The Hall–Kier alpha value is -2.02. The minimum atomic E-state index is -0.378. The molecule has 0 N–H and O–H groups in total. The molecule has 0 radical (unpaired) electrons. The second-order valence-corrected chi connectivity index (χ2v) is 3.55. The highest BCUT2D eigenvalue weighted by Crippen LogP contribution is 2.21. The second kappa shape index (κ2) is 5.17. The summed E-state index contributed by atoms with van der Waals surface area (Å²) in [5.41, 5.74) is 2.26. The molecule has 0 saturated heterocycles. The van der Waals surface area contributed by atoms with Gasteiger partial charge in [-0.2, -0.15) is 0 Å². The van der Waals surface area contributed by atoms with Gasteiger partial charge in [0, 0.05) is 19.8 Å². The fourth-order valence-corrected chi connectivity index (χ4v) is 1.48. The first-order valence-electron chi connectivity index (χ1n) is 4.82. The molecule has 0 atom stereocenters. The predicted octanol–water partition coefficient (Wildman–Crippen LogP) is 1.96. The van der Waals surface area contributed by atoms with Crippen molar-refractivity contribution in [2.24, 2.45) is 0 Å². The van der Waals surface area contributed by atoms with Crippen LogP contribution in [0.5, 0.6) is 0 Å². The van der Waals surface area contributed by atoms with Crippen molar-refractivity contribution in [1.82, 2.24) is 0 Å². The second-order valence-electron chi connectivity index (χ2n) is 3.55. The third kappa shape index (κ3) is 2.51.